The number of nitrogens with zero attached hydrogens (tertiary/aromatic N) is 2. The molecule has 7 nitrogen and oxygen atoms in total. The number of carbonyl (C=O) groups is 2. The average Bonchev–Trinajstić information content (AvgIpc) is 3.05. The topological polar surface area (TPSA) is 82.5 Å². The van der Waals surface area contributed by atoms with E-state index in [2.05, 4.69) is 10.4 Å². The summed E-state index contributed by atoms with van der Waals surface area (Å²) in [6.45, 7) is 7.93. The molecular weight excluding hydrogens is 394 g/mol. The van der Waals surface area contributed by atoms with Gasteiger partial charge >= 0.3 is 5.97 Å². The number of carbonyl (C=O) groups excluding carboxylic acids is 2. The second kappa shape index (κ2) is 9.93. The van der Waals surface area contributed by atoms with Gasteiger partial charge in [0.1, 0.15) is 5.75 Å². The molecule has 0 fully saturated rings. The predicted octanol–water partition coefficient (Wildman–Crippen LogP) is 4.32. The molecule has 0 unspecified atom stereocenters. The van der Waals surface area contributed by atoms with Crippen LogP contribution in [0.5, 0.6) is 5.75 Å². The van der Waals surface area contributed by atoms with Crippen molar-refractivity contribution in [3.8, 4) is 11.4 Å². The highest BCUT2D eigenvalue weighted by Crippen LogP contribution is 2.22. The molecular formula is C24H27N3O4. The van der Waals surface area contributed by atoms with Gasteiger partial charge in [0.2, 0.25) is 0 Å². The number of rotatable bonds is 8. The third-order valence-corrected chi connectivity index (χ3v) is 4.54. The second-order valence-corrected chi connectivity index (χ2v) is 7.65. The van der Waals surface area contributed by atoms with Gasteiger partial charge in [-0.3, -0.25) is 4.79 Å². The van der Waals surface area contributed by atoms with Gasteiger partial charge in [-0.1, -0.05) is 38.1 Å². The fourth-order valence-corrected chi connectivity index (χ4v) is 3.01. The number of esters is 1. The molecule has 31 heavy (non-hydrogen) atoms. The Bertz CT molecular complexity index is 1060. The van der Waals surface area contributed by atoms with Gasteiger partial charge in [-0.2, -0.15) is 5.10 Å². The lowest BCUT2D eigenvalue weighted by Gasteiger charge is -2.10. The standard InChI is InChI=1S/C24H27N3O4/c1-16(2)14-30-21-12-8-9-19(13-21)24(29)31-15-22(28)25-23-17(3)26-27(18(23)4)20-10-6-5-7-11-20/h5-13,16H,14-15H2,1-4H3,(H,25,28). The highest BCUT2D eigenvalue weighted by atomic mass is 16.5. The van der Waals surface area contributed by atoms with E-state index in [0.29, 0.717) is 35.2 Å². The van der Waals surface area contributed by atoms with Gasteiger partial charge in [-0.25, -0.2) is 9.48 Å². The highest BCUT2D eigenvalue weighted by Gasteiger charge is 2.17. The molecule has 0 atom stereocenters. The molecule has 0 saturated heterocycles. The molecule has 0 aliphatic rings. The Morgan fingerprint density at radius 2 is 1.81 bits per heavy atom. The Balaban J connectivity index is 1.60. The summed E-state index contributed by atoms with van der Waals surface area (Å²) in [4.78, 5) is 24.7. The molecule has 0 aliphatic heterocycles. The summed E-state index contributed by atoms with van der Waals surface area (Å²) in [5.41, 5.74) is 3.30. The van der Waals surface area contributed by atoms with E-state index in [1.807, 2.05) is 58.0 Å². The van der Waals surface area contributed by atoms with Crippen molar-refractivity contribution in [3.05, 3.63) is 71.5 Å². The number of aromatic nitrogens is 2. The quantitative estimate of drug-likeness (QED) is 0.548. The van der Waals surface area contributed by atoms with Crippen molar-refractivity contribution in [2.24, 2.45) is 5.92 Å². The summed E-state index contributed by atoms with van der Waals surface area (Å²) in [6, 6.07) is 16.4. The molecule has 1 N–H and O–H groups in total. The Morgan fingerprint density at radius 1 is 1.06 bits per heavy atom. The van der Waals surface area contributed by atoms with Crippen LogP contribution in [-0.4, -0.2) is 34.9 Å². The van der Waals surface area contributed by atoms with Crippen molar-refractivity contribution in [1.29, 1.82) is 0 Å². The molecule has 0 bridgehead atoms. The molecule has 3 aromatic rings. The van der Waals surface area contributed by atoms with Crippen molar-refractivity contribution in [1.82, 2.24) is 9.78 Å². The van der Waals surface area contributed by atoms with Crippen LogP contribution >= 0.6 is 0 Å². The number of anilines is 1. The maximum absolute atomic E-state index is 12.4. The van der Waals surface area contributed by atoms with Crippen molar-refractivity contribution in [2.45, 2.75) is 27.7 Å². The van der Waals surface area contributed by atoms with Crippen LogP contribution < -0.4 is 10.1 Å². The SMILES string of the molecule is Cc1nn(-c2ccccc2)c(C)c1NC(=O)COC(=O)c1cccc(OCC(C)C)c1. The number of nitrogens with one attached hydrogen (secondary N) is 1. The largest absolute Gasteiger partial charge is 0.493 e. The minimum Gasteiger partial charge on any atom is -0.493 e. The first-order valence-electron chi connectivity index (χ1n) is 10.2. The zero-order valence-electron chi connectivity index (χ0n) is 18.2. The van der Waals surface area contributed by atoms with Gasteiger partial charge in [0, 0.05) is 0 Å². The van der Waals surface area contributed by atoms with Gasteiger partial charge in [0.05, 0.1) is 34.9 Å². The molecule has 0 spiro atoms. The fraction of sp³-hybridized carbons (Fsp3) is 0.292. The van der Waals surface area contributed by atoms with E-state index in [4.69, 9.17) is 9.47 Å². The Labute approximate surface area is 182 Å². The number of benzene rings is 2. The Morgan fingerprint density at radius 3 is 2.52 bits per heavy atom. The summed E-state index contributed by atoms with van der Waals surface area (Å²) < 4.78 is 12.6. The van der Waals surface area contributed by atoms with Crippen LogP contribution in [0.3, 0.4) is 0 Å². The summed E-state index contributed by atoms with van der Waals surface area (Å²) in [6.07, 6.45) is 0. The van der Waals surface area contributed by atoms with Gasteiger partial charge < -0.3 is 14.8 Å². The number of hydrogen-bond donors (Lipinski definition) is 1. The number of amides is 1. The van der Waals surface area contributed by atoms with Crippen LogP contribution in [0.2, 0.25) is 0 Å². The van der Waals surface area contributed by atoms with Crippen LogP contribution in [-0.2, 0) is 9.53 Å². The van der Waals surface area contributed by atoms with E-state index < -0.39 is 18.5 Å². The second-order valence-electron chi connectivity index (χ2n) is 7.65. The smallest absolute Gasteiger partial charge is 0.338 e. The number of aryl methyl sites for hydroxylation is 1. The van der Waals surface area contributed by atoms with E-state index in [9.17, 15) is 9.59 Å². The molecule has 3 rings (SSSR count). The number of hydrogen-bond acceptors (Lipinski definition) is 5. The van der Waals surface area contributed by atoms with Crippen LogP contribution in [0.25, 0.3) is 5.69 Å². The van der Waals surface area contributed by atoms with E-state index >= 15 is 0 Å². The van der Waals surface area contributed by atoms with Gasteiger partial charge in [0.25, 0.3) is 5.91 Å². The third kappa shape index (κ3) is 5.72. The van der Waals surface area contributed by atoms with Gasteiger partial charge in [0.15, 0.2) is 6.61 Å². The summed E-state index contributed by atoms with van der Waals surface area (Å²) >= 11 is 0. The van der Waals surface area contributed by atoms with Crippen molar-refractivity contribution < 1.29 is 19.1 Å². The summed E-state index contributed by atoms with van der Waals surface area (Å²) in [5, 5.41) is 7.29. The molecule has 162 valence electrons. The number of para-hydroxylation sites is 1. The number of ether oxygens (including phenoxy) is 2. The summed E-state index contributed by atoms with van der Waals surface area (Å²) in [5.74, 6) is -0.0532. The zero-order valence-corrected chi connectivity index (χ0v) is 18.2. The first kappa shape index (κ1) is 22.1. The average molecular weight is 421 g/mol. The molecule has 0 saturated carbocycles. The lowest BCUT2D eigenvalue weighted by atomic mass is 10.2. The van der Waals surface area contributed by atoms with Crippen LogP contribution in [0.15, 0.2) is 54.6 Å². The molecule has 7 heteroatoms. The lowest BCUT2D eigenvalue weighted by Crippen LogP contribution is -2.21. The molecule has 1 heterocycles. The maximum atomic E-state index is 12.4. The normalized spacial score (nSPS) is 10.7. The summed E-state index contributed by atoms with van der Waals surface area (Å²) in [7, 11) is 0. The molecule has 1 aromatic heterocycles. The zero-order chi connectivity index (χ0) is 22.4. The molecule has 1 amide bonds. The van der Waals surface area contributed by atoms with E-state index in [1.54, 1.807) is 28.9 Å². The van der Waals surface area contributed by atoms with Crippen molar-refractivity contribution in [3.63, 3.8) is 0 Å². The first-order valence-corrected chi connectivity index (χ1v) is 10.2. The van der Waals surface area contributed by atoms with E-state index in [0.717, 1.165) is 11.4 Å². The van der Waals surface area contributed by atoms with Crippen molar-refractivity contribution >= 4 is 17.6 Å². The minimum atomic E-state index is -0.585. The molecule has 0 radical (unpaired) electrons. The van der Waals surface area contributed by atoms with E-state index in [-0.39, 0.29) is 0 Å². The van der Waals surface area contributed by atoms with E-state index in [1.165, 1.54) is 0 Å². The van der Waals surface area contributed by atoms with Crippen molar-refractivity contribution in [2.75, 3.05) is 18.5 Å². The monoisotopic (exact) mass is 421 g/mol. The molecule has 0 aliphatic carbocycles. The highest BCUT2D eigenvalue weighted by molar-refractivity contribution is 5.96. The van der Waals surface area contributed by atoms with Gasteiger partial charge in [-0.05, 0) is 50.1 Å². The maximum Gasteiger partial charge on any atom is 0.338 e. The Kier molecular flexibility index (Phi) is 7.07. The van der Waals surface area contributed by atoms with Crippen LogP contribution in [0.4, 0.5) is 5.69 Å². The third-order valence-electron chi connectivity index (χ3n) is 4.54. The minimum absolute atomic E-state index is 0.332. The predicted molar refractivity (Wildman–Crippen MR) is 119 cm³/mol. The van der Waals surface area contributed by atoms with Crippen LogP contribution in [0, 0.1) is 19.8 Å². The first-order chi connectivity index (χ1) is 14.8. The lowest BCUT2D eigenvalue weighted by molar-refractivity contribution is -0.119. The van der Waals surface area contributed by atoms with Crippen LogP contribution in [0.1, 0.15) is 35.6 Å². The Hall–Kier alpha value is -3.61. The molecule has 2 aromatic carbocycles. The fourth-order valence-electron chi connectivity index (χ4n) is 3.01. The van der Waals surface area contributed by atoms with Gasteiger partial charge in [-0.15, -0.1) is 0 Å².